The summed E-state index contributed by atoms with van der Waals surface area (Å²) in [5.74, 6) is 1.17. The predicted molar refractivity (Wildman–Crippen MR) is 68.9 cm³/mol. The lowest BCUT2D eigenvalue weighted by molar-refractivity contribution is 0.0365. The van der Waals surface area contributed by atoms with Crippen LogP contribution in [0.25, 0.3) is 0 Å². The van der Waals surface area contributed by atoms with Gasteiger partial charge in [0.25, 0.3) is 0 Å². The first-order valence-corrected chi connectivity index (χ1v) is 5.85. The molecule has 102 valence electrons. The molecule has 0 aliphatic rings. The van der Waals surface area contributed by atoms with Crippen molar-refractivity contribution in [1.29, 1.82) is 0 Å². The maximum atomic E-state index is 5.89. The van der Waals surface area contributed by atoms with Crippen LogP contribution in [0.1, 0.15) is 5.82 Å². The van der Waals surface area contributed by atoms with Gasteiger partial charge in [-0.3, -0.25) is 0 Å². The second kappa shape index (κ2) is 8.20. The molecule has 1 aromatic heterocycles. The van der Waals surface area contributed by atoms with Crippen LogP contribution in [0.3, 0.4) is 0 Å². The summed E-state index contributed by atoms with van der Waals surface area (Å²) in [5, 5.41) is 3.50. The SMILES string of the molecule is COCc1nc(Cl)cc(NCC(COC)OC)n1. The number of halogens is 1. The van der Waals surface area contributed by atoms with Crippen molar-refractivity contribution in [2.75, 3.05) is 39.8 Å². The summed E-state index contributed by atoms with van der Waals surface area (Å²) < 4.78 is 15.2. The molecule has 0 spiro atoms. The summed E-state index contributed by atoms with van der Waals surface area (Å²) in [6, 6.07) is 1.65. The number of methoxy groups -OCH3 is 3. The minimum absolute atomic E-state index is 0.0467. The third-order valence-electron chi connectivity index (χ3n) is 2.21. The molecule has 0 aliphatic carbocycles. The van der Waals surface area contributed by atoms with Gasteiger partial charge in [0.15, 0.2) is 5.82 Å². The van der Waals surface area contributed by atoms with Gasteiger partial charge in [-0.15, -0.1) is 0 Å². The minimum atomic E-state index is -0.0467. The molecule has 18 heavy (non-hydrogen) atoms. The zero-order chi connectivity index (χ0) is 13.4. The predicted octanol–water partition coefficient (Wildman–Crippen LogP) is 1.35. The Bertz CT molecular complexity index is 365. The average Bonchev–Trinajstić information content (AvgIpc) is 2.34. The molecule has 0 amide bonds. The third-order valence-corrected chi connectivity index (χ3v) is 2.41. The van der Waals surface area contributed by atoms with Crippen LogP contribution in [0.4, 0.5) is 5.82 Å². The van der Waals surface area contributed by atoms with Gasteiger partial charge in [-0.25, -0.2) is 9.97 Å². The van der Waals surface area contributed by atoms with Gasteiger partial charge in [-0.1, -0.05) is 11.6 Å². The number of hydrogen-bond acceptors (Lipinski definition) is 6. The van der Waals surface area contributed by atoms with Crippen LogP contribution >= 0.6 is 11.6 Å². The molecule has 0 aliphatic heterocycles. The van der Waals surface area contributed by atoms with Crippen LogP contribution in [-0.4, -0.2) is 50.6 Å². The van der Waals surface area contributed by atoms with Crippen molar-refractivity contribution in [3.63, 3.8) is 0 Å². The lowest BCUT2D eigenvalue weighted by Crippen LogP contribution is -2.27. The van der Waals surface area contributed by atoms with E-state index in [2.05, 4.69) is 15.3 Å². The van der Waals surface area contributed by atoms with Gasteiger partial charge in [0.2, 0.25) is 0 Å². The van der Waals surface area contributed by atoms with Crippen molar-refractivity contribution < 1.29 is 14.2 Å². The lowest BCUT2D eigenvalue weighted by Gasteiger charge is -2.15. The van der Waals surface area contributed by atoms with Crippen LogP contribution in [0.5, 0.6) is 0 Å². The van der Waals surface area contributed by atoms with Gasteiger partial charge in [-0.05, 0) is 0 Å². The molecule has 7 heteroatoms. The maximum absolute atomic E-state index is 5.89. The molecule has 1 rings (SSSR count). The van der Waals surface area contributed by atoms with Gasteiger partial charge < -0.3 is 19.5 Å². The smallest absolute Gasteiger partial charge is 0.158 e. The second-order valence-corrected chi connectivity index (χ2v) is 4.01. The van der Waals surface area contributed by atoms with E-state index in [1.54, 1.807) is 27.4 Å². The fourth-order valence-electron chi connectivity index (χ4n) is 1.36. The average molecular weight is 276 g/mol. The molecule has 1 atom stereocenters. The number of nitrogens with zero attached hydrogens (tertiary/aromatic N) is 2. The molecular weight excluding hydrogens is 258 g/mol. The second-order valence-electron chi connectivity index (χ2n) is 3.62. The number of hydrogen-bond donors (Lipinski definition) is 1. The van der Waals surface area contributed by atoms with E-state index in [9.17, 15) is 0 Å². The molecule has 0 saturated heterocycles. The van der Waals surface area contributed by atoms with Crippen LogP contribution in [-0.2, 0) is 20.8 Å². The molecule has 0 aromatic carbocycles. The molecule has 6 nitrogen and oxygen atoms in total. The molecule has 0 bridgehead atoms. The Labute approximate surface area is 112 Å². The van der Waals surface area contributed by atoms with Gasteiger partial charge in [0.1, 0.15) is 17.6 Å². The van der Waals surface area contributed by atoms with Crippen molar-refractivity contribution in [2.45, 2.75) is 12.7 Å². The molecule has 1 aromatic rings. The van der Waals surface area contributed by atoms with Gasteiger partial charge in [0.05, 0.1) is 12.7 Å². The molecule has 1 unspecified atom stereocenters. The van der Waals surface area contributed by atoms with E-state index in [4.69, 9.17) is 25.8 Å². The van der Waals surface area contributed by atoms with Gasteiger partial charge in [0, 0.05) is 33.9 Å². The highest BCUT2D eigenvalue weighted by molar-refractivity contribution is 6.29. The van der Waals surface area contributed by atoms with Crippen molar-refractivity contribution >= 4 is 17.4 Å². The number of nitrogens with one attached hydrogen (secondary N) is 1. The van der Waals surface area contributed by atoms with E-state index in [-0.39, 0.29) is 6.10 Å². The van der Waals surface area contributed by atoms with E-state index in [0.717, 1.165) is 0 Å². The Hall–Kier alpha value is -0.950. The zero-order valence-corrected chi connectivity index (χ0v) is 11.5. The summed E-state index contributed by atoms with van der Waals surface area (Å²) in [7, 11) is 4.84. The normalized spacial score (nSPS) is 12.4. The highest BCUT2D eigenvalue weighted by Gasteiger charge is 2.08. The van der Waals surface area contributed by atoms with Crippen molar-refractivity contribution in [1.82, 2.24) is 9.97 Å². The first kappa shape index (κ1) is 15.1. The molecule has 1 heterocycles. The largest absolute Gasteiger partial charge is 0.382 e. The van der Waals surface area contributed by atoms with Crippen molar-refractivity contribution in [3.05, 3.63) is 17.0 Å². The topological polar surface area (TPSA) is 65.5 Å². The standard InChI is InChI=1S/C11H18ClN3O3/c1-16-6-8(18-3)5-13-10-4-9(12)14-11(15-10)7-17-2/h4,8H,5-7H2,1-3H3,(H,13,14,15). The molecule has 0 fully saturated rings. The molecule has 1 N–H and O–H groups in total. The lowest BCUT2D eigenvalue weighted by atomic mass is 10.3. The Balaban J connectivity index is 2.60. The first-order chi connectivity index (χ1) is 8.69. The van der Waals surface area contributed by atoms with Gasteiger partial charge in [-0.2, -0.15) is 0 Å². The Morgan fingerprint density at radius 1 is 1.28 bits per heavy atom. The summed E-state index contributed by atoms with van der Waals surface area (Å²) >= 11 is 5.89. The summed E-state index contributed by atoms with van der Waals surface area (Å²) in [6.45, 7) is 1.40. The third kappa shape index (κ3) is 5.14. The van der Waals surface area contributed by atoms with Crippen LogP contribution < -0.4 is 5.32 Å². The van der Waals surface area contributed by atoms with E-state index >= 15 is 0 Å². The van der Waals surface area contributed by atoms with E-state index in [0.29, 0.717) is 36.6 Å². The van der Waals surface area contributed by atoms with Crippen LogP contribution in [0.15, 0.2) is 6.07 Å². The van der Waals surface area contributed by atoms with Crippen molar-refractivity contribution in [3.8, 4) is 0 Å². The molecular formula is C11H18ClN3O3. The minimum Gasteiger partial charge on any atom is -0.382 e. The van der Waals surface area contributed by atoms with E-state index in [1.807, 2.05) is 0 Å². The number of anilines is 1. The Morgan fingerprint density at radius 2 is 2.06 bits per heavy atom. The summed E-state index contributed by atoms with van der Waals surface area (Å²) in [4.78, 5) is 8.30. The van der Waals surface area contributed by atoms with E-state index in [1.165, 1.54) is 0 Å². The van der Waals surface area contributed by atoms with Crippen LogP contribution in [0.2, 0.25) is 5.15 Å². The van der Waals surface area contributed by atoms with E-state index < -0.39 is 0 Å². The van der Waals surface area contributed by atoms with Crippen molar-refractivity contribution in [2.24, 2.45) is 0 Å². The fourth-order valence-corrected chi connectivity index (χ4v) is 1.56. The van der Waals surface area contributed by atoms with Gasteiger partial charge >= 0.3 is 0 Å². The number of ether oxygens (including phenoxy) is 3. The highest BCUT2D eigenvalue weighted by Crippen LogP contribution is 2.12. The maximum Gasteiger partial charge on any atom is 0.158 e. The summed E-state index contributed by atoms with van der Waals surface area (Å²) in [6.07, 6.45) is -0.0467. The summed E-state index contributed by atoms with van der Waals surface area (Å²) in [5.41, 5.74) is 0. The number of aromatic nitrogens is 2. The Kier molecular flexibility index (Phi) is 6.89. The quantitative estimate of drug-likeness (QED) is 0.723. The van der Waals surface area contributed by atoms with Crippen LogP contribution in [0, 0.1) is 0 Å². The fraction of sp³-hybridized carbons (Fsp3) is 0.636. The number of rotatable bonds is 8. The first-order valence-electron chi connectivity index (χ1n) is 5.47. The molecule has 0 radical (unpaired) electrons. The molecule has 0 saturated carbocycles. The monoisotopic (exact) mass is 275 g/mol. The zero-order valence-electron chi connectivity index (χ0n) is 10.8. The Morgan fingerprint density at radius 3 is 2.67 bits per heavy atom. The highest BCUT2D eigenvalue weighted by atomic mass is 35.5.